The molecule has 2 rings (SSSR count). The molecular weight excluding hydrogens is 252 g/mol. The van der Waals surface area contributed by atoms with E-state index >= 15 is 0 Å². The second kappa shape index (κ2) is 7.34. The SMILES string of the molecule is Cc1cccc(SCC(Cc2ccccc2)NN)c1. The minimum atomic E-state index is 0.285. The van der Waals surface area contributed by atoms with Gasteiger partial charge in [0, 0.05) is 16.7 Å². The van der Waals surface area contributed by atoms with Gasteiger partial charge in [0.1, 0.15) is 0 Å². The zero-order chi connectivity index (χ0) is 13.5. The fourth-order valence-corrected chi connectivity index (χ4v) is 3.02. The maximum absolute atomic E-state index is 5.65. The third-order valence-electron chi connectivity index (χ3n) is 3.00. The number of hydrazine groups is 1. The summed E-state index contributed by atoms with van der Waals surface area (Å²) >= 11 is 1.84. The summed E-state index contributed by atoms with van der Waals surface area (Å²) in [5, 5.41) is 0. The number of benzene rings is 2. The minimum absolute atomic E-state index is 0.285. The highest BCUT2D eigenvalue weighted by atomic mass is 32.2. The summed E-state index contributed by atoms with van der Waals surface area (Å²) in [4.78, 5) is 1.30. The first-order chi connectivity index (χ1) is 9.28. The van der Waals surface area contributed by atoms with Crippen LogP contribution in [-0.4, -0.2) is 11.8 Å². The Morgan fingerprint density at radius 1 is 1.11 bits per heavy atom. The molecule has 0 saturated carbocycles. The average Bonchev–Trinajstić information content (AvgIpc) is 2.44. The largest absolute Gasteiger partial charge is 0.271 e. The number of aryl methyl sites for hydroxylation is 1. The van der Waals surface area contributed by atoms with Crippen molar-refractivity contribution >= 4 is 11.8 Å². The lowest BCUT2D eigenvalue weighted by Gasteiger charge is -2.15. The highest BCUT2D eigenvalue weighted by Gasteiger charge is 2.08. The van der Waals surface area contributed by atoms with E-state index in [1.54, 1.807) is 0 Å². The summed E-state index contributed by atoms with van der Waals surface area (Å²) in [7, 11) is 0. The predicted molar refractivity (Wildman–Crippen MR) is 83.2 cm³/mol. The van der Waals surface area contributed by atoms with E-state index in [0.717, 1.165) is 12.2 Å². The Balaban J connectivity index is 1.89. The second-order valence-electron chi connectivity index (χ2n) is 4.68. The predicted octanol–water partition coefficient (Wildman–Crippen LogP) is 3.16. The van der Waals surface area contributed by atoms with Crippen LogP contribution in [0.2, 0.25) is 0 Å². The van der Waals surface area contributed by atoms with Gasteiger partial charge in [-0.05, 0) is 31.0 Å². The van der Waals surface area contributed by atoms with Crippen molar-refractivity contribution in [3.8, 4) is 0 Å². The quantitative estimate of drug-likeness (QED) is 0.482. The highest BCUT2D eigenvalue weighted by molar-refractivity contribution is 7.99. The molecule has 1 unspecified atom stereocenters. The first-order valence-corrected chi connectivity index (χ1v) is 7.46. The van der Waals surface area contributed by atoms with Gasteiger partial charge in [-0.1, -0.05) is 48.0 Å². The first-order valence-electron chi connectivity index (χ1n) is 6.47. The van der Waals surface area contributed by atoms with Gasteiger partial charge in [-0.15, -0.1) is 11.8 Å². The molecule has 0 radical (unpaired) electrons. The molecule has 2 aromatic carbocycles. The number of rotatable bonds is 6. The summed E-state index contributed by atoms with van der Waals surface area (Å²) in [5.74, 6) is 6.62. The molecule has 100 valence electrons. The van der Waals surface area contributed by atoms with E-state index in [-0.39, 0.29) is 6.04 Å². The molecule has 0 aliphatic carbocycles. The molecule has 0 bridgehead atoms. The summed E-state index contributed by atoms with van der Waals surface area (Å²) in [6, 6.07) is 19.3. The number of nitrogens with two attached hydrogens (primary N) is 1. The Morgan fingerprint density at radius 2 is 1.89 bits per heavy atom. The normalized spacial score (nSPS) is 12.3. The topological polar surface area (TPSA) is 38.0 Å². The van der Waals surface area contributed by atoms with Crippen LogP contribution in [0.4, 0.5) is 0 Å². The van der Waals surface area contributed by atoms with Crippen molar-refractivity contribution in [2.75, 3.05) is 5.75 Å². The molecule has 0 spiro atoms. The van der Waals surface area contributed by atoms with E-state index < -0.39 is 0 Å². The van der Waals surface area contributed by atoms with Crippen LogP contribution in [0.5, 0.6) is 0 Å². The molecule has 2 aromatic rings. The molecule has 0 fully saturated rings. The number of nitrogens with one attached hydrogen (secondary N) is 1. The zero-order valence-electron chi connectivity index (χ0n) is 11.2. The fourth-order valence-electron chi connectivity index (χ4n) is 1.97. The van der Waals surface area contributed by atoms with Crippen molar-refractivity contribution < 1.29 is 0 Å². The van der Waals surface area contributed by atoms with Gasteiger partial charge < -0.3 is 0 Å². The molecular formula is C16H20N2S. The van der Waals surface area contributed by atoms with Gasteiger partial charge >= 0.3 is 0 Å². The Kier molecular flexibility index (Phi) is 5.45. The molecule has 2 nitrogen and oxygen atoms in total. The van der Waals surface area contributed by atoms with Crippen molar-refractivity contribution in [2.24, 2.45) is 5.84 Å². The van der Waals surface area contributed by atoms with E-state index in [9.17, 15) is 0 Å². The number of hydrogen-bond acceptors (Lipinski definition) is 3. The van der Waals surface area contributed by atoms with E-state index in [1.807, 2.05) is 17.8 Å². The maximum Gasteiger partial charge on any atom is 0.0344 e. The van der Waals surface area contributed by atoms with Crippen LogP contribution >= 0.6 is 11.8 Å². The standard InChI is InChI=1S/C16H20N2S/c1-13-6-5-9-16(10-13)19-12-15(18-17)11-14-7-3-2-4-8-14/h2-10,15,18H,11-12,17H2,1H3. The first kappa shape index (κ1) is 14.1. The molecule has 0 aromatic heterocycles. The van der Waals surface area contributed by atoms with Gasteiger partial charge in [0.2, 0.25) is 0 Å². The van der Waals surface area contributed by atoms with Crippen LogP contribution in [0.1, 0.15) is 11.1 Å². The van der Waals surface area contributed by atoms with E-state index in [4.69, 9.17) is 5.84 Å². The fraction of sp³-hybridized carbons (Fsp3) is 0.250. The van der Waals surface area contributed by atoms with Crippen LogP contribution < -0.4 is 11.3 Å². The van der Waals surface area contributed by atoms with Crippen LogP contribution in [-0.2, 0) is 6.42 Å². The van der Waals surface area contributed by atoms with Crippen molar-refractivity contribution in [1.29, 1.82) is 0 Å². The van der Waals surface area contributed by atoms with Crippen molar-refractivity contribution in [2.45, 2.75) is 24.3 Å². The third-order valence-corrected chi connectivity index (χ3v) is 4.16. The summed E-state index contributed by atoms with van der Waals surface area (Å²) < 4.78 is 0. The van der Waals surface area contributed by atoms with Crippen molar-refractivity contribution in [3.63, 3.8) is 0 Å². The van der Waals surface area contributed by atoms with Crippen LogP contribution in [0.15, 0.2) is 59.5 Å². The van der Waals surface area contributed by atoms with Gasteiger partial charge in [-0.2, -0.15) is 0 Å². The molecule has 0 heterocycles. The van der Waals surface area contributed by atoms with E-state index in [0.29, 0.717) is 0 Å². The van der Waals surface area contributed by atoms with Gasteiger partial charge in [-0.25, -0.2) is 0 Å². The Bertz CT molecular complexity index is 499. The van der Waals surface area contributed by atoms with Gasteiger partial charge in [0.05, 0.1) is 0 Å². The summed E-state index contributed by atoms with van der Waals surface area (Å²) in [5.41, 5.74) is 5.53. The molecule has 3 N–H and O–H groups in total. The van der Waals surface area contributed by atoms with Gasteiger partial charge in [0.15, 0.2) is 0 Å². The molecule has 0 amide bonds. The summed E-state index contributed by atoms with van der Waals surface area (Å²) in [6.07, 6.45) is 0.955. The second-order valence-corrected chi connectivity index (χ2v) is 5.77. The Morgan fingerprint density at radius 3 is 2.58 bits per heavy atom. The van der Waals surface area contributed by atoms with E-state index in [2.05, 4.69) is 60.9 Å². The summed E-state index contributed by atoms with van der Waals surface area (Å²) in [6.45, 7) is 2.12. The van der Waals surface area contributed by atoms with Gasteiger partial charge in [0.25, 0.3) is 0 Å². The van der Waals surface area contributed by atoms with Crippen LogP contribution in [0.3, 0.4) is 0 Å². The molecule has 0 aliphatic heterocycles. The molecule has 1 atom stereocenters. The molecule has 3 heteroatoms. The smallest absolute Gasteiger partial charge is 0.0344 e. The highest BCUT2D eigenvalue weighted by Crippen LogP contribution is 2.20. The Labute approximate surface area is 119 Å². The maximum atomic E-state index is 5.65. The van der Waals surface area contributed by atoms with E-state index in [1.165, 1.54) is 16.0 Å². The van der Waals surface area contributed by atoms with Crippen LogP contribution in [0.25, 0.3) is 0 Å². The lowest BCUT2D eigenvalue weighted by Crippen LogP contribution is -2.38. The lowest BCUT2D eigenvalue weighted by atomic mass is 10.1. The third kappa shape index (κ3) is 4.71. The minimum Gasteiger partial charge on any atom is -0.271 e. The average molecular weight is 272 g/mol. The number of hydrogen-bond donors (Lipinski definition) is 2. The van der Waals surface area contributed by atoms with Gasteiger partial charge in [-0.3, -0.25) is 11.3 Å². The zero-order valence-corrected chi connectivity index (χ0v) is 12.0. The number of thioether (sulfide) groups is 1. The molecule has 0 aliphatic rings. The van der Waals surface area contributed by atoms with Crippen molar-refractivity contribution in [1.82, 2.24) is 5.43 Å². The lowest BCUT2D eigenvalue weighted by molar-refractivity contribution is 0.575. The Hall–Kier alpha value is -1.29. The monoisotopic (exact) mass is 272 g/mol. The van der Waals surface area contributed by atoms with Crippen molar-refractivity contribution in [3.05, 3.63) is 65.7 Å². The molecule has 0 saturated heterocycles. The van der Waals surface area contributed by atoms with Crippen LogP contribution in [0, 0.1) is 6.92 Å². The molecule has 19 heavy (non-hydrogen) atoms.